The molecule has 23 heavy (non-hydrogen) atoms. The summed E-state index contributed by atoms with van der Waals surface area (Å²) in [5.74, 6) is -1.10. The van der Waals surface area contributed by atoms with Crippen molar-refractivity contribution in [2.75, 3.05) is 45.3 Å². The Bertz CT molecular complexity index is 613. The molecule has 1 aliphatic heterocycles. The van der Waals surface area contributed by atoms with Gasteiger partial charge in [-0.3, -0.25) is 14.9 Å². The zero-order valence-corrected chi connectivity index (χ0v) is 12.6. The quantitative estimate of drug-likeness (QED) is 0.481. The number of nitrogens with zero attached hydrogens (tertiary/aromatic N) is 2. The topological polar surface area (TPSA) is 111 Å². The average Bonchev–Trinajstić information content (AvgIpc) is 2.59. The van der Waals surface area contributed by atoms with Gasteiger partial charge in [-0.2, -0.15) is 0 Å². The monoisotopic (exact) mass is 323 g/mol. The Hall–Kier alpha value is -2.68. The molecule has 0 spiro atoms. The third-order valence-corrected chi connectivity index (χ3v) is 3.39. The normalized spacial score (nSPS) is 14.2. The van der Waals surface area contributed by atoms with E-state index in [1.807, 2.05) is 0 Å². The molecule has 0 atom stereocenters. The number of morpholine rings is 1. The first-order chi connectivity index (χ1) is 11.0. The highest BCUT2D eigenvalue weighted by atomic mass is 16.6. The smallest absolute Gasteiger partial charge is 0.338 e. The van der Waals surface area contributed by atoms with Gasteiger partial charge in [-0.15, -0.1) is 0 Å². The Morgan fingerprint density at radius 2 is 2.09 bits per heavy atom. The second kappa shape index (κ2) is 7.54. The summed E-state index contributed by atoms with van der Waals surface area (Å²) in [6.45, 7) is 1.42. The fourth-order valence-corrected chi connectivity index (χ4v) is 2.14. The molecule has 1 aromatic rings. The highest BCUT2D eigenvalue weighted by Crippen LogP contribution is 2.25. The number of nitrogens with one attached hydrogen (secondary N) is 1. The Kier molecular flexibility index (Phi) is 5.47. The van der Waals surface area contributed by atoms with E-state index in [1.54, 1.807) is 11.9 Å². The Morgan fingerprint density at radius 3 is 2.70 bits per heavy atom. The zero-order chi connectivity index (χ0) is 16.8. The molecular formula is C14H17N3O6. The van der Waals surface area contributed by atoms with Gasteiger partial charge in [-0.25, -0.2) is 4.79 Å². The average molecular weight is 323 g/mol. The number of anilines is 1. The van der Waals surface area contributed by atoms with E-state index >= 15 is 0 Å². The summed E-state index contributed by atoms with van der Waals surface area (Å²) in [6, 6.07) is 3.94. The van der Waals surface area contributed by atoms with Gasteiger partial charge in [-0.05, 0) is 12.1 Å². The lowest BCUT2D eigenvalue weighted by molar-refractivity contribution is -0.384. The second-order valence-corrected chi connectivity index (χ2v) is 4.81. The van der Waals surface area contributed by atoms with Crippen LogP contribution in [0.1, 0.15) is 10.4 Å². The summed E-state index contributed by atoms with van der Waals surface area (Å²) in [4.78, 5) is 35.7. The number of carbonyl (C=O) groups is 2. The highest BCUT2D eigenvalue weighted by Gasteiger charge is 2.21. The van der Waals surface area contributed by atoms with Crippen LogP contribution in [-0.2, 0) is 14.3 Å². The molecule has 0 unspecified atom stereocenters. The lowest BCUT2D eigenvalue weighted by Crippen LogP contribution is -2.42. The fraction of sp³-hybridized carbons (Fsp3) is 0.429. The van der Waals surface area contributed by atoms with Crippen LogP contribution in [0, 0.1) is 10.1 Å². The largest absolute Gasteiger partial charge is 0.452 e. The van der Waals surface area contributed by atoms with Crippen molar-refractivity contribution < 1.29 is 24.0 Å². The third kappa shape index (κ3) is 4.16. The molecule has 0 bridgehead atoms. The lowest BCUT2D eigenvalue weighted by Gasteiger charge is -2.26. The second-order valence-electron chi connectivity index (χ2n) is 4.81. The van der Waals surface area contributed by atoms with Crippen molar-refractivity contribution >= 4 is 23.3 Å². The van der Waals surface area contributed by atoms with Crippen LogP contribution in [0.2, 0.25) is 0 Å². The van der Waals surface area contributed by atoms with Gasteiger partial charge in [0, 0.05) is 26.2 Å². The number of amides is 1. The van der Waals surface area contributed by atoms with Crippen molar-refractivity contribution in [3.63, 3.8) is 0 Å². The van der Waals surface area contributed by atoms with Gasteiger partial charge < -0.3 is 19.7 Å². The number of ether oxygens (including phenoxy) is 2. The van der Waals surface area contributed by atoms with Gasteiger partial charge in [0.05, 0.1) is 23.7 Å². The van der Waals surface area contributed by atoms with Crippen LogP contribution in [-0.4, -0.2) is 61.7 Å². The van der Waals surface area contributed by atoms with E-state index in [2.05, 4.69) is 5.32 Å². The number of esters is 1. The first-order valence-electron chi connectivity index (χ1n) is 7.01. The number of benzene rings is 1. The number of rotatable bonds is 5. The minimum absolute atomic E-state index is 0.0190. The first-order valence-corrected chi connectivity index (χ1v) is 7.01. The number of carbonyl (C=O) groups excluding carboxylic acids is 2. The molecule has 1 aliphatic rings. The van der Waals surface area contributed by atoms with Crippen molar-refractivity contribution in [3.8, 4) is 0 Å². The summed E-state index contributed by atoms with van der Waals surface area (Å²) in [5.41, 5.74) is 0.0721. The molecule has 0 radical (unpaired) electrons. The summed E-state index contributed by atoms with van der Waals surface area (Å²) in [6.07, 6.45) is 0. The maximum atomic E-state index is 11.9. The van der Waals surface area contributed by atoms with Crippen LogP contribution in [0.5, 0.6) is 0 Å². The molecule has 9 heteroatoms. The van der Waals surface area contributed by atoms with Crippen molar-refractivity contribution in [1.82, 2.24) is 4.90 Å². The van der Waals surface area contributed by atoms with E-state index in [4.69, 9.17) is 9.47 Å². The molecule has 2 rings (SSSR count). The van der Waals surface area contributed by atoms with E-state index in [1.165, 1.54) is 12.1 Å². The molecule has 1 heterocycles. The van der Waals surface area contributed by atoms with Crippen LogP contribution in [0.3, 0.4) is 0 Å². The maximum Gasteiger partial charge on any atom is 0.338 e. The molecule has 1 saturated heterocycles. The van der Waals surface area contributed by atoms with Crippen molar-refractivity contribution in [2.24, 2.45) is 0 Å². The van der Waals surface area contributed by atoms with Crippen LogP contribution in [0.4, 0.5) is 11.4 Å². The summed E-state index contributed by atoms with van der Waals surface area (Å²) in [7, 11) is 1.54. The van der Waals surface area contributed by atoms with Crippen LogP contribution >= 0.6 is 0 Å². The first kappa shape index (κ1) is 16.7. The van der Waals surface area contributed by atoms with Gasteiger partial charge in [0.25, 0.3) is 11.6 Å². The van der Waals surface area contributed by atoms with Crippen LogP contribution in [0.15, 0.2) is 18.2 Å². The number of hydrogen-bond donors (Lipinski definition) is 1. The molecular weight excluding hydrogens is 306 g/mol. The van der Waals surface area contributed by atoms with Crippen molar-refractivity contribution in [1.29, 1.82) is 0 Å². The van der Waals surface area contributed by atoms with E-state index < -0.39 is 17.5 Å². The molecule has 1 aromatic carbocycles. The Balaban J connectivity index is 1.99. The van der Waals surface area contributed by atoms with Crippen molar-refractivity contribution in [3.05, 3.63) is 33.9 Å². The van der Waals surface area contributed by atoms with Gasteiger partial charge >= 0.3 is 5.97 Å². The van der Waals surface area contributed by atoms with E-state index in [0.29, 0.717) is 26.3 Å². The summed E-state index contributed by atoms with van der Waals surface area (Å²) >= 11 is 0. The van der Waals surface area contributed by atoms with Gasteiger partial charge in [0.15, 0.2) is 6.61 Å². The van der Waals surface area contributed by atoms with Gasteiger partial charge in [0.2, 0.25) is 0 Å². The highest BCUT2D eigenvalue weighted by molar-refractivity contribution is 5.93. The Labute approximate surface area is 132 Å². The molecule has 0 saturated carbocycles. The predicted molar refractivity (Wildman–Crippen MR) is 80.3 cm³/mol. The number of nitro groups is 1. The molecule has 124 valence electrons. The standard InChI is InChI=1S/C14H17N3O6/c1-15-11-3-2-10(8-12(11)17(20)21)14(19)23-9-13(18)16-4-6-22-7-5-16/h2-3,8,15H,4-7,9H2,1H3. The minimum Gasteiger partial charge on any atom is -0.452 e. The van der Waals surface area contributed by atoms with Gasteiger partial charge in [-0.1, -0.05) is 0 Å². The molecule has 9 nitrogen and oxygen atoms in total. The maximum absolute atomic E-state index is 11.9. The molecule has 1 N–H and O–H groups in total. The van der Waals surface area contributed by atoms with E-state index in [0.717, 1.165) is 6.07 Å². The summed E-state index contributed by atoms with van der Waals surface area (Å²) < 4.78 is 10.1. The van der Waals surface area contributed by atoms with Crippen molar-refractivity contribution in [2.45, 2.75) is 0 Å². The van der Waals surface area contributed by atoms with Crippen LogP contribution < -0.4 is 5.32 Å². The zero-order valence-electron chi connectivity index (χ0n) is 12.6. The SMILES string of the molecule is CNc1ccc(C(=O)OCC(=O)N2CCOCC2)cc1[N+](=O)[O-]. The molecule has 1 amide bonds. The Morgan fingerprint density at radius 1 is 1.39 bits per heavy atom. The number of hydrogen-bond acceptors (Lipinski definition) is 7. The van der Waals surface area contributed by atoms with Gasteiger partial charge in [0.1, 0.15) is 5.69 Å². The van der Waals surface area contributed by atoms with Crippen LogP contribution in [0.25, 0.3) is 0 Å². The lowest BCUT2D eigenvalue weighted by atomic mass is 10.1. The predicted octanol–water partition coefficient (Wildman–Crippen LogP) is 0.652. The minimum atomic E-state index is -0.780. The summed E-state index contributed by atoms with van der Waals surface area (Å²) in [5, 5.41) is 13.6. The van der Waals surface area contributed by atoms with E-state index in [-0.39, 0.29) is 22.8 Å². The number of nitro benzene ring substituents is 1. The molecule has 0 aromatic heterocycles. The molecule has 0 aliphatic carbocycles. The molecule has 1 fully saturated rings. The fourth-order valence-electron chi connectivity index (χ4n) is 2.14. The van der Waals surface area contributed by atoms with E-state index in [9.17, 15) is 19.7 Å². The third-order valence-electron chi connectivity index (χ3n) is 3.39.